The number of benzene rings is 9. The van der Waals surface area contributed by atoms with Crippen LogP contribution in [0, 0.1) is 10.8 Å². The highest BCUT2D eigenvalue weighted by Gasteiger charge is 2.32. The fourth-order valence-electron chi connectivity index (χ4n) is 11.1. The minimum atomic E-state index is 0.0672. The second kappa shape index (κ2) is 12.5. The van der Waals surface area contributed by atoms with Crippen LogP contribution < -0.4 is 0 Å². The number of aryl methyl sites for hydroxylation is 1. The molecule has 60 heavy (non-hydrogen) atoms. The van der Waals surface area contributed by atoms with Crippen molar-refractivity contribution in [1.82, 2.24) is 8.97 Å². The van der Waals surface area contributed by atoms with E-state index in [1.165, 1.54) is 81.9 Å². The van der Waals surface area contributed by atoms with Gasteiger partial charge in [-0.2, -0.15) is 0 Å². The number of hydrogen-bond donors (Lipinski definition) is 2. The summed E-state index contributed by atoms with van der Waals surface area (Å²) in [5.74, 6) is 0.452. The number of nitrogens with one attached hydrogen (secondary N) is 2. The van der Waals surface area contributed by atoms with Gasteiger partial charge in [-0.05, 0) is 99.3 Å². The summed E-state index contributed by atoms with van der Waals surface area (Å²) in [5.41, 5.74) is 13.2. The van der Waals surface area contributed by atoms with Crippen molar-refractivity contribution in [3.8, 4) is 11.1 Å². The van der Waals surface area contributed by atoms with E-state index in [2.05, 4.69) is 167 Å². The van der Waals surface area contributed by atoms with E-state index in [4.69, 9.17) is 0 Å². The summed E-state index contributed by atoms with van der Waals surface area (Å²) in [6.45, 7) is 0. The fourth-order valence-corrected chi connectivity index (χ4v) is 11.1. The topological polar surface area (TPSA) is 57.0 Å². The second-order valence-corrected chi connectivity index (χ2v) is 16.6. The van der Waals surface area contributed by atoms with Crippen molar-refractivity contribution in [2.24, 2.45) is 0 Å². The van der Waals surface area contributed by atoms with Crippen LogP contribution in [0.3, 0.4) is 0 Å². The van der Waals surface area contributed by atoms with Crippen LogP contribution in [0.5, 0.6) is 0 Å². The average molecular weight is 767 g/mol. The summed E-state index contributed by atoms with van der Waals surface area (Å²) in [4.78, 5) is 0. The molecule has 12 aromatic rings. The van der Waals surface area contributed by atoms with Crippen molar-refractivity contribution >= 4 is 93.0 Å². The van der Waals surface area contributed by atoms with Crippen molar-refractivity contribution < 1.29 is 0 Å². The first-order valence-corrected chi connectivity index (χ1v) is 21.0. The zero-order valence-electron chi connectivity index (χ0n) is 32.8. The zero-order valence-corrected chi connectivity index (χ0v) is 32.8. The molecule has 0 aliphatic heterocycles. The van der Waals surface area contributed by atoms with E-state index in [1.54, 1.807) is 0 Å². The van der Waals surface area contributed by atoms with E-state index in [1.807, 2.05) is 18.2 Å². The number of hydrogen-bond acceptors (Lipinski definition) is 2. The third-order valence-electron chi connectivity index (χ3n) is 13.6. The van der Waals surface area contributed by atoms with Crippen molar-refractivity contribution in [3.05, 3.63) is 198 Å². The third-order valence-corrected chi connectivity index (χ3v) is 13.6. The molecule has 3 aromatic heterocycles. The molecular weight excluding hydrogens is 729 g/mol. The van der Waals surface area contributed by atoms with Gasteiger partial charge < -0.3 is 9.81 Å². The van der Waals surface area contributed by atoms with Gasteiger partial charge in [0.1, 0.15) is 5.84 Å². The van der Waals surface area contributed by atoms with Crippen molar-refractivity contribution in [2.45, 2.75) is 25.2 Å². The molecule has 0 saturated carbocycles. The molecular formula is C56H38N4. The van der Waals surface area contributed by atoms with Gasteiger partial charge in [-0.25, -0.2) is 0 Å². The Morgan fingerprint density at radius 3 is 1.85 bits per heavy atom. The Morgan fingerprint density at radius 1 is 0.483 bits per heavy atom. The van der Waals surface area contributed by atoms with Gasteiger partial charge in [-0.15, -0.1) is 0 Å². The molecule has 0 bridgehead atoms. The quantitative estimate of drug-likeness (QED) is 0.132. The van der Waals surface area contributed by atoms with E-state index >= 15 is 0 Å². The molecule has 9 aromatic carbocycles. The lowest BCUT2D eigenvalue weighted by molar-refractivity contribution is 0.659. The van der Waals surface area contributed by atoms with Crippen molar-refractivity contribution in [2.75, 3.05) is 0 Å². The summed E-state index contributed by atoms with van der Waals surface area (Å²) < 4.78 is 4.58. The Bertz CT molecular complexity index is 3800. The molecule has 0 amide bonds. The minimum Gasteiger partial charge on any atom is -0.308 e. The standard InChI is InChI=1S/C56H38N4/c57-47(40-17-5-6-19-42(40)56(58)60-50-24-12-8-20-43(50)53-37-16-4-2-14-34(37)27-30-51(53)60)31-35-26-29-38-36-15-3-1-13-33(36)25-28-39(38)45-32-46-41-18-7-10-22-48(41)59-49-23-11-9-21-44(49)54(52(35)45)55(46)59/h1-25,27-28,30,32,35,57-58H,26,29,31H2. The molecule has 1 atom stereocenters. The van der Waals surface area contributed by atoms with Crippen LogP contribution in [0.4, 0.5) is 0 Å². The number of aromatic nitrogens is 2. The van der Waals surface area contributed by atoms with Crippen LogP contribution in [-0.4, -0.2) is 20.5 Å². The van der Waals surface area contributed by atoms with Gasteiger partial charge >= 0.3 is 0 Å². The summed E-state index contributed by atoms with van der Waals surface area (Å²) in [5, 5.41) is 32.4. The van der Waals surface area contributed by atoms with Gasteiger partial charge in [0, 0.05) is 49.2 Å². The van der Waals surface area contributed by atoms with Crippen LogP contribution >= 0.6 is 0 Å². The fraction of sp³-hybridized carbons (Fsp3) is 0.0714. The van der Waals surface area contributed by atoms with Crippen LogP contribution in [0.25, 0.3) is 92.6 Å². The molecule has 2 N–H and O–H groups in total. The maximum Gasteiger partial charge on any atom is 0.137 e. The zero-order chi connectivity index (χ0) is 39.6. The summed E-state index contributed by atoms with van der Waals surface area (Å²) in [6.07, 6.45) is 2.39. The Hall–Kier alpha value is -7.56. The van der Waals surface area contributed by atoms with E-state index < -0.39 is 0 Å². The van der Waals surface area contributed by atoms with Gasteiger partial charge in [0.25, 0.3) is 0 Å². The summed E-state index contributed by atoms with van der Waals surface area (Å²) >= 11 is 0. The Morgan fingerprint density at radius 2 is 1.07 bits per heavy atom. The van der Waals surface area contributed by atoms with Gasteiger partial charge in [0.15, 0.2) is 0 Å². The number of nitrogens with zero attached hydrogens (tertiary/aromatic N) is 2. The number of fused-ring (bicyclic) bond motifs is 17. The smallest absolute Gasteiger partial charge is 0.137 e. The van der Waals surface area contributed by atoms with E-state index in [0.717, 1.165) is 45.8 Å². The molecule has 0 saturated heterocycles. The second-order valence-electron chi connectivity index (χ2n) is 16.6. The molecule has 13 rings (SSSR count). The van der Waals surface area contributed by atoms with Crippen LogP contribution in [0.2, 0.25) is 0 Å². The first-order chi connectivity index (χ1) is 29.6. The molecule has 4 heteroatoms. The predicted molar refractivity (Wildman–Crippen MR) is 252 cm³/mol. The lowest BCUT2D eigenvalue weighted by atomic mass is 9.82. The van der Waals surface area contributed by atoms with E-state index in [-0.39, 0.29) is 5.92 Å². The Balaban J connectivity index is 1.01. The Labute approximate surface area is 345 Å². The molecule has 282 valence electrons. The van der Waals surface area contributed by atoms with Gasteiger partial charge in [0.2, 0.25) is 0 Å². The lowest BCUT2D eigenvalue weighted by Gasteiger charge is -2.22. The summed E-state index contributed by atoms with van der Waals surface area (Å²) in [7, 11) is 0. The van der Waals surface area contributed by atoms with E-state index in [0.29, 0.717) is 18.0 Å². The molecule has 0 spiro atoms. The SMILES string of the molecule is N=C(CC1CCc2c(ccc3ccccc23)-c2cc3c4ccccc4n4c5ccccc5c(c21)c34)c1ccccc1C(=N)n1c2ccccc2c2c3ccccc3ccc21. The highest BCUT2D eigenvalue weighted by Crippen LogP contribution is 2.51. The first kappa shape index (κ1) is 33.4. The first-order valence-electron chi connectivity index (χ1n) is 21.0. The van der Waals surface area contributed by atoms with Crippen LogP contribution in [0.15, 0.2) is 176 Å². The normalized spacial score (nSPS) is 14.2. The van der Waals surface area contributed by atoms with Crippen LogP contribution in [-0.2, 0) is 6.42 Å². The Kier molecular flexibility index (Phi) is 6.95. The molecule has 1 aliphatic carbocycles. The van der Waals surface area contributed by atoms with Crippen molar-refractivity contribution in [1.29, 1.82) is 10.8 Å². The number of rotatable bonds is 4. The molecule has 3 heterocycles. The molecule has 0 radical (unpaired) electrons. The average Bonchev–Trinajstić information content (AvgIpc) is 3.91. The third kappa shape index (κ3) is 4.50. The number of para-hydroxylation sites is 3. The lowest BCUT2D eigenvalue weighted by Crippen LogP contribution is -2.18. The van der Waals surface area contributed by atoms with Gasteiger partial charge in [0.05, 0.1) is 27.6 Å². The molecule has 0 fully saturated rings. The van der Waals surface area contributed by atoms with Crippen molar-refractivity contribution in [3.63, 3.8) is 0 Å². The summed E-state index contributed by atoms with van der Waals surface area (Å²) in [6, 6.07) is 63.1. The highest BCUT2D eigenvalue weighted by atomic mass is 15.0. The van der Waals surface area contributed by atoms with Gasteiger partial charge in [-0.1, -0.05) is 146 Å². The highest BCUT2D eigenvalue weighted by molar-refractivity contribution is 6.27. The molecule has 4 nitrogen and oxygen atoms in total. The van der Waals surface area contributed by atoms with Gasteiger partial charge in [-0.3, -0.25) is 9.98 Å². The van der Waals surface area contributed by atoms with Crippen LogP contribution in [0.1, 0.15) is 41.0 Å². The largest absolute Gasteiger partial charge is 0.308 e. The predicted octanol–water partition coefficient (Wildman–Crippen LogP) is 14.3. The maximum atomic E-state index is 10.1. The van der Waals surface area contributed by atoms with E-state index in [9.17, 15) is 10.8 Å². The maximum absolute atomic E-state index is 10.1. The minimum absolute atomic E-state index is 0.0672. The molecule has 1 unspecified atom stereocenters. The monoisotopic (exact) mass is 766 g/mol. The molecule has 1 aliphatic rings.